The van der Waals surface area contributed by atoms with E-state index in [4.69, 9.17) is 11.6 Å². The Morgan fingerprint density at radius 1 is 1.41 bits per heavy atom. The minimum absolute atomic E-state index is 0.298. The lowest BCUT2D eigenvalue weighted by Crippen LogP contribution is -2.27. The van der Waals surface area contributed by atoms with Gasteiger partial charge in [-0.25, -0.2) is 12.7 Å². The fourth-order valence-corrected chi connectivity index (χ4v) is 3.38. The largest absolute Gasteiger partial charge is 0.267 e. The molecule has 17 heavy (non-hydrogen) atoms. The molecule has 1 aromatic heterocycles. The van der Waals surface area contributed by atoms with Crippen LogP contribution in [0.1, 0.15) is 18.3 Å². The monoisotopic (exact) mass is 279 g/mol. The van der Waals surface area contributed by atoms with E-state index < -0.39 is 10.0 Å². The summed E-state index contributed by atoms with van der Waals surface area (Å²) in [5.41, 5.74) is 1.16. The molecule has 0 aromatic carbocycles. The van der Waals surface area contributed by atoms with Crippen LogP contribution >= 0.6 is 11.6 Å². The van der Waals surface area contributed by atoms with Gasteiger partial charge in [0.25, 0.3) is 0 Å². The first-order valence-electron chi connectivity index (χ1n) is 5.42. The molecule has 0 aliphatic rings. The molecule has 0 aliphatic heterocycles. The molecule has 0 fully saturated rings. The smallest absolute Gasteiger partial charge is 0.246 e. The third-order valence-electron chi connectivity index (χ3n) is 2.73. The second kappa shape index (κ2) is 5.37. The van der Waals surface area contributed by atoms with Crippen molar-refractivity contribution in [3.05, 3.63) is 11.4 Å². The van der Waals surface area contributed by atoms with E-state index in [1.54, 1.807) is 32.5 Å². The molecule has 1 rings (SSSR count). The van der Waals surface area contributed by atoms with Crippen molar-refractivity contribution in [1.82, 2.24) is 14.1 Å². The van der Waals surface area contributed by atoms with Crippen molar-refractivity contribution in [2.75, 3.05) is 19.5 Å². The minimum Gasteiger partial charge on any atom is -0.267 e. The lowest BCUT2D eigenvalue weighted by Gasteiger charge is -2.15. The van der Waals surface area contributed by atoms with Crippen molar-refractivity contribution in [3.63, 3.8) is 0 Å². The summed E-state index contributed by atoms with van der Waals surface area (Å²) in [5.74, 6) is 0.408. The topological polar surface area (TPSA) is 55.2 Å². The Labute approximate surface area is 107 Å². The van der Waals surface area contributed by atoms with Gasteiger partial charge in [-0.15, -0.1) is 11.6 Å². The maximum absolute atomic E-state index is 12.3. The zero-order valence-electron chi connectivity index (χ0n) is 10.6. The van der Waals surface area contributed by atoms with Crippen LogP contribution < -0.4 is 0 Å². The Kier molecular flexibility index (Phi) is 4.57. The Hall–Kier alpha value is -0.590. The molecule has 0 bridgehead atoms. The second-order valence-corrected chi connectivity index (χ2v) is 6.19. The predicted molar refractivity (Wildman–Crippen MR) is 67.9 cm³/mol. The average molecular weight is 280 g/mol. The summed E-state index contributed by atoms with van der Waals surface area (Å²) in [5, 5.41) is 4.21. The molecular weight excluding hydrogens is 262 g/mol. The molecule has 0 radical (unpaired) electrons. The van der Waals surface area contributed by atoms with Crippen molar-refractivity contribution < 1.29 is 8.42 Å². The summed E-state index contributed by atoms with van der Waals surface area (Å²) in [7, 11) is -1.88. The molecule has 0 atom stereocenters. The normalized spacial score (nSPS) is 12.4. The summed E-state index contributed by atoms with van der Waals surface area (Å²) in [4.78, 5) is 0.298. The van der Waals surface area contributed by atoms with Gasteiger partial charge in [0.15, 0.2) is 0 Å². The summed E-state index contributed by atoms with van der Waals surface area (Å²) in [6.07, 6.45) is 0. The van der Waals surface area contributed by atoms with Gasteiger partial charge in [0.1, 0.15) is 4.90 Å². The highest BCUT2D eigenvalue weighted by atomic mass is 35.5. The van der Waals surface area contributed by atoms with Gasteiger partial charge in [-0.05, 0) is 13.8 Å². The fourth-order valence-electron chi connectivity index (χ4n) is 1.68. The highest BCUT2D eigenvalue weighted by Crippen LogP contribution is 2.22. The number of hydrogen-bond donors (Lipinski definition) is 0. The molecule has 7 heteroatoms. The first-order valence-corrected chi connectivity index (χ1v) is 7.40. The molecular formula is C10H18ClN3O2S. The van der Waals surface area contributed by atoms with Crippen LogP contribution in [0.2, 0.25) is 0 Å². The van der Waals surface area contributed by atoms with Crippen LogP contribution in [0, 0.1) is 13.8 Å². The number of sulfonamides is 1. The van der Waals surface area contributed by atoms with E-state index in [9.17, 15) is 8.42 Å². The zero-order valence-corrected chi connectivity index (χ0v) is 12.1. The van der Waals surface area contributed by atoms with Crippen LogP contribution in [0.5, 0.6) is 0 Å². The lowest BCUT2D eigenvalue weighted by molar-refractivity contribution is 0.485. The summed E-state index contributed by atoms with van der Waals surface area (Å²) >= 11 is 5.65. The van der Waals surface area contributed by atoms with Gasteiger partial charge in [0, 0.05) is 19.5 Å². The van der Waals surface area contributed by atoms with Crippen LogP contribution in [-0.2, 0) is 16.6 Å². The lowest BCUT2D eigenvalue weighted by atomic mass is 10.4. The first-order chi connectivity index (χ1) is 7.86. The number of aryl methyl sites for hydroxylation is 2. The predicted octanol–water partition coefficient (Wildman–Crippen LogP) is 1.38. The molecule has 0 saturated heterocycles. The van der Waals surface area contributed by atoms with E-state index in [2.05, 4.69) is 5.10 Å². The molecule has 1 heterocycles. The van der Waals surface area contributed by atoms with E-state index in [0.29, 0.717) is 35.3 Å². The van der Waals surface area contributed by atoms with Crippen molar-refractivity contribution >= 4 is 21.6 Å². The summed E-state index contributed by atoms with van der Waals surface area (Å²) < 4.78 is 27.5. The molecule has 0 spiro atoms. The van der Waals surface area contributed by atoms with E-state index in [1.165, 1.54) is 4.31 Å². The van der Waals surface area contributed by atoms with Crippen LogP contribution in [0.4, 0.5) is 0 Å². The number of rotatable bonds is 5. The van der Waals surface area contributed by atoms with Crippen molar-refractivity contribution in [2.24, 2.45) is 0 Å². The Morgan fingerprint density at radius 2 is 2.00 bits per heavy atom. The van der Waals surface area contributed by atoms with E-state index in [1.807, 2.05) is 0 Å². The van der Waals surface area contributed by atoms with Crippen LogP contribution in [0.3, 0.4) is 0 Å². The standard InChI is InChI=1S/C10H18ClN3O2S/c1-5-13(4)17(15,16)10-8(2)12-14(7-6-11)9(10)3/h5-7H2,1-4H3. The summed E-state index contributed by atoms with van der Waals surface area (Å²) in [6.45, 7) is 6.20. The number of nitrogens with zero attached hydrogens (tertiary/aromatic N) is 3. The fraction of sp³-hybridized carbons (Fsp3) is 0.700. The molecule has 1 aromatic rings. The first kappa shape index (κ1) is 14.5. The highest BCUT2D eigenvalue weighted by Gasteiger charge is 2.27. The van der Waals surface area contributed by atoms with Crippen molar-refractivity contribution in [3.8, 4) is 0 Å². The van der Waals surface area contributed by atoms with Gasteiger partial charge in [-0.1, -0.05) is 6.92 Å². The number of aromatic nitrogens is 2. The van der Waals surface area contributed by atoms with Gasteiger partial charge in [-0.3, -0.25) is 4.68 Å². The molecule has 0 amide bonds. The van der Waals surface area contributed by atoms with Crippen LogP contribution in [0.15, 0.2) is 4.90 Å². The maximum Gasteiger partial charge on any atom is 0.246 e. The molecule has 0 aliphatic carbocycles. The zero-order chi connectivity index (χ0) is 13.2. The molecule has 0 unspecified atom stereocenters. The maximum atomic E-state index is 12.3. The Morgan fingerprint density at radius 3 is 2.47 bits per heavy atom. The number of hydrogen-bond acceptors (Lipinski definition) is 3. The second-order valence-electron chi connectivity index (χ2n) is 3.83. The molecule has 0 saturated carbocycles. The van der Waals surface area contributed by atoms with Gasteiger partial charge < -0.3 is 0 Å². The van der Waals surface area contributed by atoms with E-state index in [-0.39, 0.29) is 0 Å². The quantitative estimate of drug-likeness (QED) is 0.765. The molecule has 98 valence electrons. The third-order valence-corrected chi connectivity index (χ3v) is 5.08. The van der Waals surface area contributed by atoms with Gasteiger partial charge in [0.05, 0.1) is 17.9 Å². The molecule has 0 N–H and O–H groups in total. The van der Waals surface area contributed by atoms with E-state index >= 15 is 0 Å². The minimum atomic E-state index is -3.44. The Bertz CT molecular complexity index is 496. The SMILES string of the molecule is CCN(C)S(=O)(=O)c1c(C)nn(CCCl)c1C. The Balaban J connectivity index is 3.32. The van der Waals surface area contributed by atoms with Gasteiger partial charge in [-0.2, -0.15) is 5.10 Å². The van der Waals surface area contributed by atoms with Crippen LogP contribution in [0.25, 0.3) is 0 Å². The number of halogens is 1. The summed E-state index contributed by atoms with van der Waals surface area (Å²) in [6, 6.07) is 0. The van der Waals surface area contributed by atoms with E-state index in [0.717, 1.165) is 0 Å². The van der Waals surface area contributed by atoms with Gasteiger partial charge in [0.2, 0.25) is 10.0 Å². The van der Waals surface area contributed by atoms with Crippen molar-refractivity contribution in [1.29, 1.82) is 0 Å². The van der Waals surface area contributed by atoms with Crippen LogP contribution in [-0.4, -0.2) is 42.0 Å². The average Bonchev–Trinajstić information content (AvgIpc) is 2.54. The third kappa shape index (κ3) is 2.64. The van der Waals surface area contributed by atoms with Gasteiger partial charge >= 0.3 is 0 Å². The number of alkyl halides is 1. The molecule has 5 nitrogen and oxygen atoms in total. The van der Waals surface area contributed by atoms with Crippen molar-refractivity contribution in [2.45, 2.75) is 32.2 Å². The highest BCUT2D eigenvalue weighted by molar-refractivity contribution is 7.89.